The molecule has 0 radical (unpaired) electrons. The van der Waals surface area contributed by atoms with E-state index < -0.39 is 5.60 Å². The number of aryl methyl sites for hydroxylation is 1. The van der Waals surface area contributed by atoms with Crippen LogP contribution in [0.5, 0.6) is 0 Å². The zero-order chi connectivity index (χ0) is 20.7. The van der Waals surface area contributed by atoms with Crippen molar-refractivity contribution in [2.75, 3.05) is 30.8 Å². The Hall–Kier alpha value is -2.90. The largest absolute Gasteiger partial charge is 0.368 e. The van der Waals surface area contributed by atoms with E-state index >= 15 is 0 Å². The summed E-state index contributed by atoms with van der Waals surface area (Å²) in [7, 11) is 1.59. The third-order valence-corrected chi connectivity index (χ3v) is 5.13. The van der Waals surface area contributed by atoms with Crippen molar-refractivity contribution >= 4 is 23.3 Å². The number of anilines is 2. The van der Waals surface area contributed by atoms with E-state index in [2.05, 4.69) is 21.3 Å². The molecule has 0 aromatic heterocycles. The molecule has 0 bridgehead atoms. The molecule has 0 saturated carbocycles. The molecule has 2 aromatic carbocycles. The Morgan fingerprint density at radius 3 is 2.34 bits per heavy atom. The minimum Gasteiger partial charge on any atom is -0.368 e. The highest BCUT2D eigenvalue weighted by molar-refractivity contribution is 5.99. The average Bonchev–Trinajstić information content (AvgIpc) is 2.72. The maximum Gasteiger partial charge on any atom is 0.323 e. The molecule has 1 heterocycles. The summed E-state index contributed by atoms with van der Waals surface area (Å²) in [5.41, 5.74) is 2.59. The van der Waals surface area contributed by atoms with Crippen LogP contribution in [0.15, 0.2) is 48.5 Å². The smallest absolute Gasteiger partial charge is 0.323 e. The Bertz CT molecular complexity index is 863. The normalized spacial score (nSPS) is 15.4. The van der Waals surface area contributed by atoms with Gasteiger partial charge in [0, 0.05) is 25.0 Å². The molecule has 0 atom stereocenters. The zero-order valence-electron chi connectivity index (χ0n) is 16.9. The lowest BCUT2D eigenvalue weighted by molar-refractivity contribution is -0.146. The highest BCUT2D eigenvalue weighted by Gasteiger charge is 2.39. The van der Waals surface area contributed by atoms with E-state index in [0.717, 1.165) is 29.9 Å². The standard InChI is InChI=1S/C22H28N4O3/c1-16-5-3-7-18(13-16)25-21(28)26-19-8-4-6-17(14-19)15-24-20(27)22(29-2)9-11-23-12-10-22/h3-8,13-14,23H,9-12,15H2,1-2H3,(H,24,27)(H2,25,26,28). The Kier molecular flexibility index (Phi) is 6.85. The molecular weight excluding hydrogens is 368 g/mol. The molecular formula is C22H28N4O3. The van der Waals surface area contributed by atoms with Gasteiger partial charge < -0.3 is 26.0 Å². The Morgan fingerprint density at radius 1 is 1.03 bits per heavy atom. The predicted molar refractivity (Wildman–Crippen MR) is 114 cm³/mol. The van der Waals surface area contributed by atoms with E-state index in [1.165, 1.54) is 0 Å². The molecule has 0 aliphatic carbocycles. The van der Waals surface area contributed by atoms with Crippen LogP contribution in [0.25, 0.3) is 0 Å². The number of piperidine rings is 1. The monoisotopic (exact) mass is 396 g/mol. The third kappa shape index (κ3) is 5.56. The number of benzene rings is 2. The summed E-state index contributed by atoms with van der Waals surface area (Å²) in [6, 6.07) is 14.7. The molecule has 1 aliphatic heterocycles. The number of nitrogens with one attached hydrogen (secondary N) is 4. The van der Waals surface area contributed by atoms with Gasteiger partial charge in [-0.3, -0.25) is 4.79 Å². The Balaban J connectivity index is 1.56. The number of carbonyl (C=O) groups is 2. The second kappa shape index (κ2) is 9.54. The number of urea groups is 1. The van der Waals surface area contributed by atoms with Crippen molar-refractivity contribution < 1.29 is 14.3 Å². The van der Waals surface area contributed by atoms with Crippen LogP contribution in [0, 0.1) is 6.92 Å². The minimum atomic E-state index is -0.769. The van der Waals surface area contributed by atoms with E-state index in [-0.39, 0.29) is 11.9 Å². The van der Waals surface area contributed by atoms with Crippen molar-refractivity contribution in [2.45, 2.75) is 31.9 Å². The topological polar surface area (TPSA) is 91.5 Å². The van der Waals surface area contributed by atoms with Gasteiger partial charge in [0.1, 0.15) is 5.60 Å². The highest BCUT2D eigenvalue weighted by atomic mass is 16.5. The number of hydrogen-bond acceptors (Lipinski definition) is 4. The highest BCUT2D eigenvalue weighted by Crippen LogP contribution is 2.23. The maximum absolute atomic E-state index is 12.7. The van der Waals surface area contributed by atoms with Crippen LogP contribution >= 0.6 is 0 Å². The molecule has 7 nitrogen and oxygen atoms in total. The molecule has 3 rings (SSSR count). The summed E-state index contributed by atoms with van der Waals surface area (Å²) in [4.78, 5) is 24.9. The lowest BCUT2D eigenvalue weighted by atomic mass is 9.91. The van der Waals surface area contributed by atoms with Crippen molar-refractivity contribution in [3.63, 3.8) is 0 Å². The fourth-order valence-corrected chi connectivity index (χ4v) is 3.47. The molecule has 1 aliphatic rings. The van der Waals surface area contributed by atoms with Gasteiger partial charge in [0.05, 0.1) is 0 Å². The van der Waals surface area contributed by atoms with Crippen LogP contribution in [0.2, 0.25) is 0 Å². The molecule has 1 saturated heterocycles. The van der Waals surface area contributed by atoms with Gasteiger partial charge in [-0.25, -0.2) is 4.79 Å². The molecule has 154 valence electrons. The number of carbonyl (C=O) groups excluding carboxylic acids is 2. The fraction of sp³-hybridized carbons (Fsp3) is 0.364. The van der Waals surface area contributed by atoms with E-state index in [1.807, 2.05) is 55.5 Å². The van der Waals surface area contributed by atoms with Gasteiger partial charge in [0.25, 0.3) is 5.91 Å². The van der Waals surface area contributed by atoms with Crippen molar-refractivity contribution in [1.29, 1.82) is 0 Å². The first-order valence-electron chi connectivity index (χ1n) is 9.78. The second-order valence-corrected chi connectivity index (χ2v) is 7.28. The Labute approximate surface area is 171 Å². The number of rotatable bonds is 6. The average molecular weight is 396 g/mol. The lowest BCUT2D eigenvalue weighted by Crippen LogP contribution is -2.53. The molecule has 4 N–H and O–H groups in total. The van der Waals surface area contributed by atoms with Crippen molar-refractivity contribution in [2.24, 2.45) is 0 Å². The van der Waals surface area contributed by atoms with Gasteiger partial charge in [-0.2, -0.15) is 0 Å². The number of amides is 3. The molecule has 0 spiro atoms. The number of methoxy groups -OCH3 is 1. The third-order valence-electron chi connectivity index (χ3n) is 5.13. The summed E-state index contributed by atoms with van der Waals surface area (Å²) < 4.78 is 5.55. The quantitative estimate of drug-likeness (QED) is 0.604. The summed E-state index contributed by atoms with van der Waals surface area (Å²) in [5.74, 6) is -0.1000. The van der Waals surface area contributed by atoms with E-state index in [0.29, 0.717) is 25.1 Å². The van der Waals surface area contributed by atoms with Crippen molar-refractivity contribution in [3.8, 4) is 0 Å². The minimum absolute atomic E-state index is 0.1000. The van der Waals surface area contributed by atoms with E-state index in [1.54, 1.807) is 7.11 Å². The predicted octanol–water partition coefficient (Wildman–Crippen LogP) is 3.02. The van der Waals surface area contributed by atoms with Crippen LogP contribution in [0.3, 0.4) is 0 Å². The fourth-order valence-electron chi connectivity index (χ4n) is 3.47. The van der Waals surface area contributed by atoms with Crippen molar-refractivity contribution in [1.82, 2.24) is 10.6 Å². The van der Waals surface area contributed by atoms with Crippen LogP contribution in [-0.4, -0.2) is 37.7 Å². The van der Waals surface area contributed by atoms with E-state index in [4.69, 9.17) is 4.74 Å². The summed E-state index contributed by atoms with van der Waals surface area (Å²) in [5, 5.41) is 11.8. The number of ether oxygens (including phenoxy) is 1. The zero-order valence-corrected chi connectivity index (χ0v) is 16.9. The Morgan fingerprint density at radius 2 is 1.69 bits per heavy atom. The second-order valence-electron chi connectivity index (χ2n) is 7.28. The van der Waals surface area contributed by atoms with Crippen molar-refractivity contribution in [3.05, 3.63) is 59.7 Å². The van der Waals surface area contributed by atoms with Gasteiger partial charge in [-0.1, -0.05) is 24.3 Å². The first-order valence-corrected chi connectivity index (χ1v) is 9.78. The van der Waals surface area contributed by atoms with Crippen LogP contribution < -0.4 is 21.3 Å². The first-order chi connectivity index (χ1) is 14.0. The van der Waals surface area contributed by atoms with Crippen LogP contribution in [0.4, 0.5) is 16.2 Å². The summed E-state index contributed by atoms with van der Waals surface area (Å²) in [6.07, 6.45) is 1.30. The van der Waals surface area contributed by atoms with E-state index in [9.17, 15) is 9.59 Å². The molecule has 29 heavy (non-hydrogen) atoms. The molecule has 0 unspecified atom stereocenters. The molecule has 3 amide bonds. The summed E-state index contributed by atoms with van der Waals surface area (Å²) in [6.45, 7) is 3.86. The lowest BCUT2D eigenvalue weighted by Gasteiger charge is -2.34. The maximum atomic E-state index is 12.7. The van der Waals surface area contributed by atoms with Gasteiger partial charge in [-0.05, 0) is 68.2 Å². The van der Waals surface area contributed by atoms with Gasteiger partial charge in [-0.15, -0.1) is 0 Å². The SMILES string of the molecule is COC1(C(=O)NCc2cccc(NC(=O)Nc3cccc(C)c3)c2)CCNCC1. The van der Waals surface area contributed by atoms with Crippen LogP contribution in [0.1, 0.15) is 24.0 Å². The first kappa shape index (κ1) is 20.8. The van der Waals surface area contributed by atoms with Gasteiger partial charge in [0.15, 0.2) is 0 Å². The number of hydrogen-bond donors (Lipinski definition) is 4. The van der Waals surface area contributed by atoms with Gasteiger partial charge >= 0.3 is 6.03 Å². The molecule has 2 aromatic rings. The van der Waals surface area contributed by atoms with Crippen LogP contribution in [-0.2, 0) is 16.1 Å². The summed E-state index contributed by atoms with van der Waals surface area (Å²) >= 11 is 0. The van der Waals surface area contributed by atoms with Gasteiger partial charge in [0.2, 0.25) is 0 Å². The molecule has 7 heteroatoms. The molecule has 1 fully saturated rings.